The van der Waals surface area contributed by atoms with Crippen molar-refractivity contribution in [2.45, 2.75) is 46.5 Å². The Balaban J connectivity index is 1.35. The van der Waals surface area contributed by atoms with Gasteiger partial charge in [-0.2, -0.15) is 4.98 Å². The molecule has 3 aromatic carbocycles. The molecule has 4 aromatic rings. The number of likely N-dealkylation sites (tertiary alicyclic amines) is 1. The van der Waals surface area contributed by atoms with Crippen LogP contribution in [0.15, 0.2) is 66.7 Å². The van der Waals surface area contributed by atoms with E-state index in [1.165, 1.54) is 48.4 Å². The summed E-state index contributed by atoms with van der Waals surface area (Å²) in [6.45, 7) is 10.3. The lowest BCUT2D eigenvalue weighted by Gasteiger charge is -2.26. The molecule has 44 heavy (non-hydrogen) atoms. The molecular weight excluding hydrogens is 574 g/mol. The minimum atomic E-state index is -0.598. The van der Waals surface area contributed by atoms with Gasteiger partial charge in [-0.05, 0) is 100 Å². The first-order valence-corrected chi connectivity index (χ1v) is 15.5. The number of halogens is 1. The van der Waals surface area contributed by atoms with Gasteiger partial charge in [0.2, 0.25) is 11.8 Å². The Morgan fingerprint density at radius 2 is 1.75 bits per heavy atom. The molecule has 0 saturated carbocycles. The van der Waals surface area contributed by atoms with Crippen LogP contribution >= 0.6 is 11.6 Å². The summed E-state index contributed by atoms with van der Waals surface area (Å²) in [6, 6.07) is 20.5. The lowest BCUT2D eigenvalue weighted by atomic mass is 9.97. The summed E-state index contributed by atoms with van der Waals surface area (Å²) in [5.74, 6) is 1.19. The Hall–Kier alpha value is -4.14. The van der Waals surface area contributed by atoms with Gasteiger partial charge >= 0.3 is 6.09 Å². The Kier molecular flexibility index (Phi) is 10.4. The van der Waals surface area contributed by atoms with Crippen LogP contribution in [0.25, 0.3) is 11.3 Å². The van der Waals surface area contributed by atoms with Gasteiger partial charge in [0.05, 0.1) is 12.3 Å². The van der Waals surface area contributed by atoms with E-state index in [0.717, 1.165) is 35.5 Å². The minimum Gasteiger partial charge on any atom is -0.493 e. The van der Waals surface area contributed by atoms with E-state index in [0.29, 0.717) is 29.0 Å². The van der Waals surface area contributed by atoms with Gasteiger partial charge in [-0.1, -0.05) is 42.3 Å². The second kappa shape index (κ2) is 14.6. The zero-order valence-corrected chi connectivity index (χ0v) is 26.7. The molecule has 1 fully saturated rings. The van der Waals surface area contributed by atoms with Crippen molar-refractivity contribution in [3.8, 4) is 22.9 Å². The van der Waals surface area contributed by atoms with Gasteiger partial charge in [0, 0.05) is 47.7 Å². The van der Waals surface area contributed by atoms with E-state index in [1.807, 2.05) is 30.3 Å². The van der Waals surface area contributed by atoms with Crippen LogP contribution in [-0.2, 0) is 0 Å². The number of hydrogen-bond donors (Lipinski definition) is 1. The number of nitrogens with zero attached hydrogens (tertiary/aromatic N) is 4. The number of ether oxygens (including phenoxy) is 2. The molecule has 1 N–H and O–H groups in total. The van der Waals surface area contributed by atoms with Crippen LogP contribution in [0.4, 0.5) is 22.1 Å². The summed E-state index contributed by atoms with van der Waals surface area (Å²) < 4.78 is 11.8. The van der Waals surface area contributed by atoms with E-state index in [1.54, 1.807) is 37.4 Å². The van der Waals surface area contributed by atoms with Crippen molar-refractivity contribution in [2.75, 3.05) is 43.5 Å². The highest BCUT2D eigenvalue weighted by Gasteiger charge is 2.18. The molecule has 0 unspecified atom stereocenters. The van der Waals surface area contributed by atoms with Gasteiger partial charge in [-0.25, -0.2) is 9.78 Å². The van der Waals surface area contributed by atoms with E-state index in [2.05, 4.69) is 42.0 Å². The first kappa shape index (κ1) is 31.3. The van der Waals surface area contributed by atoms with Crippen molar-refractivity contribution in [2.24, 2.45) is 0 Å². The van der Waals surface area contributed by atoms with Crippen molar-refractivity contribution < 1.29 is 14.3 Å². The third-order valence-electron chi connectivity index (χ3n) is 8.12. The number of amides is 1. The van der Waals surface area contributed by atoms with Crippen LogP contribution in [0, 0.1) is 20.8 Å². The van der Waals surface area contributed by atoms with Crippen LogP contribution in [0.2, 0.25) is 5.02 Å². The molecule has 0 bridgehead atoms. The fourth-order valence-corrected chi connectivity index (χ4v) is 5.49. The van der Waals surface area contributed by atoms with E-state index >= 15 is 0 Å². The summed E-state index contributed by atoms with van der Waals surface area (Å²) in [7, 11) is 1.63. The van der Waals surface area contributed by atoms with Crippen LogP contribution in [0.5, 0.6) is 11.6 Å². The van der Waals surface area contributed by atoms with Crippen LogP contribution in [0.1, 0.15) is 42.4 Å². The van der Waals surface area contributed by atoms with E-state index in [-0.39, 0.29) is 5.88 Å². The molecule has 1 aliphatic rings. The fourth-order valence-electron chi connectivity index (χ4n) is 5.31. The normalized spacial score (nSPS) is 13.4. The third-order valence-corrected chi connectivity index (χ3v) is 8.36. The first-order chi connectivity index (χ1) is 21.3. The topological polar surface area (TPSA) is 79.8 Å². The van der Waals surface area contributed by atoms with Crippen molar-refractivity contribution in [3.05, 3.63) is 88.4 Å². The smallest absolute Gasteiger partial charge is 0.420 e. The number of piperidine rings is 1. The Morgan fingerprint density at radius 1 is 0.955 bits per heavy atom. The molecule has 1 aliphatic heterocycles. The molecule has 1 aromatic heterocycles. The van der Waals surface area contributed by atoms with Crippen LogP contribution in [-0.4, -0.2) is 54.2 Å². The van der Waals surface area contributed by atoms with Gasteiger partial charge in [0.15, 0.2) is 0 Å². The molecule has 0 aliphatic carbocycles. The summed E-state index contributed by atoms with van der Waals surface area (Å²) in [5.41, 5.74) is 6.42. The maximum Gasteiger partial charge on any atom is 0.420 e. The van der Waals surface area contributed by atoms with Crippen molar-refractivity contribution in [3.63, 3.8) is 0 Å². The number of rotatable bonds is 10. The van der Waals surface area contributed by atoms with E-state index in [4.69, 9.17) is 26.1 Å². The monoisotopic (exact) mass is 613 g/mol. The number of hydrogen-bond acceptors (Lipinski definition) is 7. The van der Waals surface area contributed by atoms with E-state index < -0.39 is 6.09 Å². The molecule has 5 rings (SSSR count). The van der Waals surface area contributed by atoms with Gasteiger partial charge in [-0.15, -0.1) is 0 Å². The lowest BCUT2D eigenvalue weighted by molar-refractivity contribution is 0.205. The number of aromatic nitrogens is 2. The summed E-state index contributed by atoms with van der Waals surface area (Å²) >= 11 is 6.14. The van der Waals surface area contributed by atoms with Crippen LogP contribution < -0.4 is 19.7 Å². The molecule has 1 saturated heterocycles. The van der Waals surface area contributed by atoms with E-state index in [9.17, 15) is 4.79 Å². The van der Waals surface area contributed by atoms with Crippen molar-refractivity contribution in [1.29, 1.82) is 0 Å². The van der Waals surface area contributed by atoms with Crippen LogP contribution in [0.3, 0.4) is 0 Å². The highest BCUT2D eigenvalue weighted by Crippen LogP contribution is 2.30. The maximum absolute atomic E-state index is 13.1. The second-order valence-corrected chi connectivity index (χ2v) is 11.7. The number of nitrogens with one attached hydrogen (secondary N) is 1. The Bertz CT molecular complexity index is 1610. The zero-order valence-electron chi connectivity index (χ0n) is 25.9. The standard InChI is InChI=1S/C35H40ClN5O3/c1-24-15-16-31(26(3)25(24)2)32-23-33(44-35(42)40(4)29-13-8-11-27(36)21-29)39-34(38-32)37-28-12-9-14-30(22-28)43-20-10-19-41-17-6-5-7-18-41/h8-9,11-16,21-23H,5-7,10,17-20H2,1-4H3,(H,37,38,39). The first-order valence-electron chi connectivity index (χ1n) is 15.2. The molecular formula is C35H40ClN5O3. The average Bonchev–Trinajstić information content (AvgIpc) is 3.02. The van der Waals surface area contributed by atoms with Gasteiger partial charge in [0.25, 0.3) is 0 Å². The molecule has 230 valence electrons. The number of carbonyl (C=O) groups is 1. The predicted molar refractivity (Wildman–Crippen MR) is 178 cm³/mol. The van der Waals surface area contributed by atoms with Gasteiger partial charge in [0.1, 0.15) is 5.75 Å². The number of carbonyl (C=O) groups excluding carboxylic acids is 1. The molecule has 0 spiro atoms. The molecule has 0 atom stereocenters. The molecule has 2 heterocycles. The molecule has 1 amide bonds. The molecule has 8 nitrogen and oxygen atoms in total. The quantitative estimate of drug-likeness (QED) is 0.180. The Morgan fingerprint density at radius 3 is 2.55 bits per heavy atom. The maximum atomic E-state index is 13.1. The summed E-state index contributed by atoms with van der Waals surface area (Å²) in [5, 5.41) is 3.82. The van der Waals surface area contributed by atoms with Gasteiger partial charge < -0.3 is 19.7 Å². The van der Waals surface area contributed by atoms with Gasteiger partial charge in [-0.3, -0.25) is 4.90 Å². The van der Waals surface area contributed by atoms with Crippen molar-refractivity contribution in [1.82, 2.24) is 14.9 Å². The predicted octanol–water partition coefficient (Wildman–Crippen LogP) is 8.36. The average molecular weight is 614 g/mol. The highest BCUT2D eigenvalue weighted by molar-refractivity contribution is 6.30. The summed E-state index contributed by atoms with van der Waals surface area (Å²) in [6.07, 6.45) is 4.31. The molecule has 9 heteroatoms. The zero-order chi connectivity index (χ0) is 31.1. The number of anilines is 3. The second-order valence-electron chi connectivity index (χ2n) is 11.3. The minimum absolute atomic E-state index is 0.124. The third kappa shape index (κ3) is 8.07. The number of aryl methyl sites for hydroxylation is 1. The fraction of sp³-hybridized carbons (Fsp3) is 0.343. The SMILES string of the molecule is Cc1ccc(-c2cc(OC(=O)N(C)c3cccc(Cl)c3)nc(Nc3cccc(OCCCN4CCCCC4)c3)n2)c(C)c1C. The molecule has 0 radical (unpaired) electrons. The van der Waals surface area contributed by atoms with Crippen molar-refractivity contribution >= 4 is 35.0 Å². The number of benzene rings is 3. The Labute approximate surface area is 265 Å². The lowest BCUT2D eigenvalue weighted by Crippen LogP contribution is -2.31. The summed E-state index contributed by atoms with van der Waals surface area (Å²) in [4.78, 5) is 26.4. The highest BCUT2D eigenvalue weighted by atomic mass is 35.5. The largest absolute Gasteiger partial charge is 0.493 e.